The molecule has 2 aliphatic carbocycles. The normalized spacial score (nSPS) is 20.1. The van der Waals surface area contributed by atoms with Crippen molar-refractivity contribution in [2.45, 2.75) is 102 Å². The number of hydrogen-bond acceptors (Lipinski definition) is 0. The topological polar surface area (TPSA) is 0 Å². The predicted octanol–water partition coefficient (Wildman–Crippen LogP) is 7.27. The van der Waals surface area contributed by atoms with Crippen LogP contribution in [-0.4, -0.2) is 11.3 Å². The van der Waals surface area contributed by atoms with Crippen LogP contribution in [0.1, 0.15) is 90.9 Å². The van der Waals surface area contributed by atoms with Crippen molar-refractivity contribution in [2.75, 3.05) is 0 Å². The van der Waals surface area contributed by atoms with Crippen molar-refractivity contribution >= 4 is 13.2 Å². The van der Waals surface area contributed by atoms with Crippen LogP contribution in [0, 0.1) is 0 Å². The molecule has 0 spiro atoms. The van der Waals surface area contributed by atoms with Gasteiger partial charge in [-0.25, -0.2) is 0 Å². The second-order valence-electron chi connectivity index (χ2n) is 7.33. The molecule has 0 nitrogen and oxygen atoms in total. The molecule has 1 aromatic carbocycles. The SMILES string of the molecule is CCCC.c1ccc(P(C2CCCCC2)C2CCCCC2)cc1. The van der Waals surface area contributed by atoms with Crippen LogP contribution in [-0.2, 0) is 0 Å². The van der Waals surface area contributed by atoms with E-state index in [0.717, 1.165) is 11.3 Å². The Labute approximate surface area is 146 Å². The van der Waals surface area contributed by atoms with Gasteiger partial charge in [-0.15, -0.1) is 0 Å². The summed E-state index contributed by atoms with van der Waals surface area (Å²) in [7, 11) is 0.108. The van der Waals surface area contributed by atoms with E-state index in [-0.39, 0.29) is 7.92 Å². The van der Waals surface area contributed by atoms with E-state index in [1.54, 1.807) is 5.30 Å². The number of unbranched alkanes of at least 4 members (excludes halogenated alkanes) is 1. The fraction of sp³-hybridized carbons (Fsp3) is 0.727. The molecule has 23 heavy (non-hydrogen) atoms. The van der Waals surface area contributed by atoms with Gasteiger partial charge in [-0.3, -0.25) is 0 Å². The highest BCUT2D eigenvalue weighted by molar-refractivity contribution is 7.67. The number of rotatable bonds is 4. The van der Waals surface area contributed by atoms with Crippen LogP contribution in [0.5, 0.6) is 0 Å². The predicted molar refractivity (Wildman–Crippen MR) is 107 cm³/mol. The van der Waals surface area contributed by atoms with Crippen LogP contribution in [0.3, 0.4) is 0 Å². The third kappa shape index (κ3) is 6.22. The van der Waals surface area contributed by atoms with Gasteiger partial charge in [0, 0.05) is 0 Å². The molecule has 0 atom stereocenters. The van der Waals surface area contributed by atoms with Gasteiger partial charge in [0.1, 0.15) is 0 Å². The maximum atomic E-state index is 2.43. The Hall–Kier alpha value is -0.350. The Morgan fingerprint density at radius 1 is 0.696 bits per heavy atom. The average molecular weight is 333 g/mol. The quantitative estimate of drug-likeness (QED) is 0.509. The lowest BCUT2D eigenvalue weighted by Gasteiger charge is -2.38. The molecule has 0 N–H and O–H groups in total. The highest BCUT2D eigenvalue weighted by atomic mass is 31.1. The van der Waals surface area contributed by atoms with Crippen molar-refractivity contribution in [3.63, 3.8) is 0 Å². The summed E-state index contributed by atoms with van der Waals surface area (Å²) in [4.78, 5) is 0. The molecular formula is C22H37P. The van der Waals surface area contributed by atoms with Crippen LogP contribution in [0.25, 0.3) is 0 Å². The Morgan fingerprint density at radius 2 is 1.13 bits per heavy atom. The lowest BCUT2D eigenvalue weighted by atomic mass is 9.99. The maximum Gasteiger partial charge on any atom is -0.0166 e. The molecule has 1 heteroatoms. The van der Waals surface area contributed by atoms with Gasteiger partial charge in [0.2, 0.25) is 0 Å². The largest absolute Gasteiger partial charge is 0.0690 e. The zero-order valence-corrected chi connectivity index (χ0v) is 16.4. The minimum absolute atomic E-state index is 0.108. The Kier molecular flexibility index (Phi) is 9.28. The van der Waals surface area contributed by atoms with Crippen molar-refractivity contribution < 1.29 is 0 Å². The van der Waals surface area contributed by atoms with E-state index in [0.29, 0.717) is 0 Å². The second-order valence-corrected chi connectivity index (χ2v) is 10.1. The lowest BCUT2D eigenvalue weighted by Crippen LogP contribution is -2.26. The fourth-order valence-electron chi connectivity index (χ4n) is 4.04. The molecule has 0 unspecified atom stereocenters. The molecule has 0 saturated heterocycles. The van der Waals surface area contributed by atoms with Gasteiger partial charge in [-0.2, -0.15) is 0 Å². The molecule has 0 heterocycles. The second kappa shape index (κ2) is 11.2. The van der Waals surface area contributed by atoms with E-state index in [4.69, 9.17) is 0 Å². The summed E-state index contributed by atoms with van der Waals surface area (Å²) in [6.07, 6.45) is 17.6. The summed E-state index contributed by atoms with van der Waals surface area (Å²) in [6, 6.07) is 11.6. The first-order valence-electron chi connectivity index (χ1n) is 10.2. The molecule has 2 fully saturated rings. The molecular weight excluding hydrogens is 295 g/mol. The van der Waals surface area contributed by atoms with Crippen LogP contribution >= 0.6 is 7.92 Å². The van der Waals surface area contributed by atoms with Gasteiger partial charge in [0.15, 0.2) is 0 Å². The molecule has 3 rings (SSSR count). The van der Waals surface area contributed by atoms with Gasteiger partial charge in [0.05, 0.1) is 0 Å². The van der Waals surface area contributed by atoms with Crippen molar-refractivity contribution in [2.24, 2.45) is 0 Å². The molecule has 0 amide bonds. The van der Waals surface area contributed by atoms with Crippen LogP contribution in [0.2, 0.25) is 0 Å². The number of benzene rings is 1. The standard InChI is InChI=1S/C18H27P.C4H10/c1-4-10-16(11-5-1)19(17-12-6-2-7-13-17)18-14-8-3-9-15-18;1-3-4-2/h1,4-5,10-11,17-18H,2-3,6-9,12-15H2;3-4H2,1-2H3. The van der Waals surface area contributed by atoms with Crippen molar-refractivity contribution in [1.29, 1.82) is 0 Å². The van der Waals surface area contributed by atoms with Gasteiger partial charge < -0.3 is 0 Å². The third-order valence-electron chi connectivity index (χ3n) is 5.49. The fourth-order valence-corrected chi connectivity index (χ4v) is 7.84. The summed E-state index contributed by atoms with van der Waals surface area (Å²) in [5.74, 6) is 0. The summed E-state index contributed by atoms with van der Waals surface area (Å²) < 4.78 is 0. The monoisotopic (exact) mass is 332 g/mol. The zero-order valence-electron chi connectivity index (χ0n) is 15.5. The first-order chi connectivity index (χ1) is 11.4. The summed E-state index contributed by atoms with van der Waals surface area (Å²) >= 11 is 0. The van der Waals surface area contributed by atoms with E-state index in [9.17, 15) is 0 Å². The van der Waals surface area contributed by atoms with E-state index < -0.39 is 0 Å². The third-order valence-corrected chi connectivity index (χ3v) is 8.99. The van der Waals surface area contributed by atoms with Crippen molar-refractivity contribution in [1.82, 2.24) is 0 Å². The summed E-state index contributed by atoms with van der Waals surface area (Å²) in [5, 5.41) is 1.70. The smallest absolute Gasteiger partial charge is 0.0166 e. The number of hydrogen-bond donors (Lipinski definition) is 0. The highest BCUT2D eigenvalue weighted by Gasteiger charge is 2.31. The van der Waals surface area contributed by atoms with Crippen LogP contribution < -0.4 is 5.30 Å². The minimum Gasteiger partial charge on any atom is -0.0690 e. The van der Waals surface area contributed by atoms with E-state index in [2.05, 4.69) is 44.2 Å². The average Bonchev–Trinajstić information content (AvgIpc) is 2.65. The van der Waals surface area contributed by atoms with Crippen molar-refractivity contribution in [3.05, 3.63) is 30.3 Å². The molecule has 0 radical (unpaired) electrons. The Bertz CT molecular complexity index is 368. The molecule has 130 valence electrons. The summed E-state index contributed by atoms with van der Waals surface area (Å²) in [5.41, 5.74) is 2.07. The van der Waals surface area contributed by atoms with E-state index >= 15 is 0 Å². The van der Waals surface area contributed by atoms with E-state index in [1.165, 1.54) is 77.0 Å². The van der Waals surface area contributed by atoms with E-state index in [1.807, 2.05) is 0 Å². The molecule has 0 bridgehead atoms. The van der Waals surface area contributed by atoms with Crippen LogP contribution in [0.4, 0.5) is 0 Å². The molecule has 2 aliphatic rings. The lowest BCUT2D eigenvalue weighted by molar-refractivity contribution is 0.487. The first-order valence-corrected chi connectivity index (χ1v) is 11.7. The first kappa shape index (κ1) is 19.0. The highest BCUT2D eigenvalue weighted by Crippen LogP contribution is 2.54. The molecule has 0 aromatic heterocycles. The summed E-state index contributed by atoms with van der Waals surface area (Å²) in [6.45, 7) is 4.36. The Balaban J connectivity index is 0.000000433. The van der Waals surface area contributed by atoms with Crippen molar-refractivity contribution in [3.8, 4) is 0 Å². The minimum atomic E-state index is 0.108. The van der Waals surface area contributed by atoms with Crippen LogP contribution in [0.15, 0.2) is 30.3 Å². The van der Waals surface area contributed by atoms with Gasteiger partial charge in [0.25, 0.3) is 0 Å². The van der Waals surface area contributed by atoms with Gasteiger partial charge in [-0.05, 0) is 42.3 Å². The molecule has 1 aromatic rings. The van der Waals surface area contributed by atoms with Gasteiger partial charge >= 0.3 is 0 Å². The Morgan fingerprint density at radius 3 is 1.52 bits per heavy atom. The molecule has 0 aliphatic heterocycles. The van der Waals surface area contributed by atoms with Gasteiger partial charge in [-0.1, -0.05) is 103 Å². The zero-order chi connectivity index (χ0) is 16.3. The molecule has 2 saturated carbocycles. The maximum absolute atomic E-state index is 2.43.